The minimum atomic E-state index is 0.912. The molecule has 0 aliphatic rings. The van der Waals surface area contributed by atoms with Crippen molar-refractivity contribution < 1.29 is 4.42 Å². The fourth-order valence-electron chi connectivity index (χ4n) is 8.58. The van der Waals surface area contributed by atoms with E-state index in [4.69, 9.17) is 4.42 Å². The van der Waals surface area contributed by atoms with E-state index >= 15 is 0 Å². The Kier molecular flexibility index (Phi) is 7.53. The minimum Gasteiger partial charge on any atom is -0.455 e. The van der Waals surface area contributed by atoms with E-state index < -0.39 is 0 Å². The first-order valence-electron chi connectivity index (χ1n) is 19.2. The summed E-state index contributed by atoms with van der Waals surface area (Å²) >= 11 is 0. The Labute approximate surface area is 325 Å². The average molecular weight is 714 g/mol. The topological polar surface area (TPSA) is 16.4 Å². The van der Waals surface area contributed by atoms with Crippen molar-refractivity contribution in [2.45, 2.75) is 0 Å². The Hall–Kier alpha value is -7.42. The predicted octanol–water partition coefficient (Wildman–Crippen LogP) is 15.5. The average Bonchev–Trinajstić information content (AvgIpc) is 3.67. The van der Waals surface area contributed by atoms with Crippen LogP contribution in [0.2, 0.25) is 0 Å². The Morgan fingerprint density at radius 1 is 0.286 bits per heavy atom. The summed E-state index contributed by atoms with van der Waals surface area (Å²) in [5.41, 5.74) is 12.1. The van der Waals surface area contributed by atoms with Gasteiger partial charge in [0, 0.05) is 38.7 Å². The molecular formula is C54H35NO. The van der Waals surface area contributed by atoms with Crippen molar-refractivity contribution in [1.82, 2.24) is 0 Å². The molecule has 0 aliphatic carbocycles. The van der Waals surface area contributed by atoms with Crippen LogP contribution >= 0.6 is 0 Å². The minimum absolute atomic E-state index is 0.912. The molecule has 11 rings (SSSR count). The monoisotopic (exact) mass is 713 g/mol. The van der Waals surface area contributed by atoms with Crippen LogP contribution in [0.15, 0.2) is 217 Å². The molecule has 0 radical (unpaired) electrons. The van der Waals surface area contributed by atoms with E-state index in [1.54, 1.807) is 0 Å². The number of benzene rings is 10. The van der Waals surface area contributed by atoms with Crippen LogP contribution in [0.25, 0.3) is 87.6 Å². The summed E-state index contributed by atoms with van der Waals surface area (Å²) in [4.78, 5) is 2.38. The summed E-state index contributed by atoms with van der Waals surface area (Å²) in [6.45, 7) is 0. The van der Waals surface area contributed by atoms with Gasteiger partial charge in [-0.05, 0) is 91.6 Å². The third-order valence-corrected chi connectivity index (χ3v) is 11.3. The number of furan rings is 1. The smallest absolute Gasteiger partial charge is 0.143 e. The van der Waals surface area contributed by atoms with E-state index in [1.165, 1.54) is 49.2 Å². The summed E-state index contributed by atoms with van der Waals surface area (Å²) in [6, 6.07) is 76.4. The van der Waals surface area contributed by atoms with Gasteiger partial charge in [-0.15, -0.1) is 0 Å². The highest BCUT2D eigenvalue weighted by Crippen LogP contribution is 2.44. The van der Waals surface area contributed by atoms with Crippen molar-refractivity contribution in [2.75, 3.05) is 4.90 Å². The third-order valence-electron chi connectivity index (χ3n) is 11.3. The standard InChI is InChI=1S/C54H35NO/c1-2-13-36(14-3-1)44-18-10-11-24-52(44)55(42-32-27-39(28-33-42)51-35-40-16-5-6-17-43(40)47-20-8-9-21-48(47)51)41-30-25-38(26-31-41)46-22-12-23-49-50-34-29-37-15-4-7-19-45(37)54(50)56-53(46)49/h1-35H. The van der Waals surface area contributed by atoms with E-state index in [0.29, 0.717) is 0 Å². The van der Waals surface area contributed by atoms with E-state index in [0.717, 1.165) is 55.5 Å². The molecule has 0 N–H and O–H groups in total. The second-order valence-corrected chi connectivity index (χ2v) is 14.5. The SMILES string of the molecule is c1ccc(-c2ccccc2N(c2ccc(-c3cc4ccccc4c4ccccc34)cc2)c2ccc(-c3cccc4c3oc3c5ccccc5ccc43)cc2)cc1. The molecule has 0 spiro atoms. The van der Waals surface area contributed by atoms with Crippen LogP contribution in [-0.2, 0) is 0 Å². The zero-order valence-electron chi connectivity index (χ0n) is 30.6. The summed E-state index contributed by atoms with van der Waals surface area (Å²) in [6.07, 6.45) is 0. The number of rotatable bonds is 6. The third kappa shape index (κ3) is 5.26. The number of para-hydroxylation sites is 2. The number of nitrogens with zero attached hydrogens (tertiary/aromatic N) is 1. The van der Waals surface area contributed by atoms with Crippen molar-refractivity contribution in [3.05, 3.63) is 212 Å². The van der Waals surface area contributed by atoms with Crippen molar-refractivity contribution in [2.24, 2.45) is 0 Å². The maximum absolute atomic E-state index is 6.72. The largest absolute Gasteiger partial charge is 0.455 e. The molecule has 0 saturated carbocycles. The van der Waals surface area contributed by atoms with Crippen molar-refractivity contribution >= 4 is 71.3 Å². The van der Waals surface area contributed by atoms with Crippen LogP contribution in [0.5, 0.6) is 0 Å². The molecule has 262 valence electrons. The maximum atomic E-state index is 6.72. The molecule has 10 aromatic carbocycles. The zero-order chi connectivity index (χ0) is 37.0. The molecule has 0 fully saturated rings. The van der Waals surface area contributed by atoms with Crippen molar-refractivity contribution in [3.8, 4) is 33.4 Å². The van der Waals surface area contributed by atoms with Gasteiger partial charge in [0.1, 0.15) is 11.2 Å². The highest BCUT2D eigenvalue weighted by molar-refractivity contribution is 6.17. The Morgan fingerprint density at radius 2 is 0.821 bits per heavy atom. The lowest BCUT2D eigenvalue weighted by atomic mass is 9.93. The quantitative estimate of drug-likeness (QED) is 0.160. The van der Waals surface area contributed by atoms with Crippen molar-refractivity contribution in [3.63, 3.8) is 0 Å². The lowest BCUT2D eigenvalue weighted by Crippen LogP contribution is -2.11. The highest BCUT2D eigenvalue weighted by atomic mass is 16.3. The molecule has 1 aromatic heterocycles. The molecule has 0 atom stereocenters. The fourth-order valence-corrected chi connectivity index (χ4v) is 8.58. The number of hydrogen-bond acceptors (Lipinski definition) is 2. The first-order chi connectivity index (χ1) is 27.8. The van der Waals surface area contributed by atoms with Crippen LogP contribution < -0.4 is 4.90 Å². The summed E-state index contributed by atoms with van der Waals surface area (Å²) in [5.74, 6) is 0. The molecule has 0 unspecified atom stereocenters. The molecular weight excluding hydrogens is 679 g/mol. The lowest BCUT2D eigenvalue weighted by Gasteiger charge is -2.28. The van der Waals surface area contributed by atoms with Crippen LogP contribution in [0, 0.1) is 0 Å². The number of hydrogen-bond donors (Lipinski definition) is 0. The lowest BCUT2D eigenvalue weighted by molar-refractivity contribution is 0.674. The zero-order valence-corrected chi connectivity index (χ0v) is 30.6. The van der Waals surface area contributed by atoms with Crippen LogP contribution in [0.3, 0.4) is 0 Å². The second kappa shape index (κ2) is 13.2. The number of fused-ring (bicyclic) bond motifs is 8. The molecule has 0 bridgehead atoms. The van der Waals surface area contributed by atoms with Crippen LogP contribution in [0.1, 0.15) is 0 Å². The first kappa shape index (κ1) is 32.0. The maximum Gasteiger partial charge on any atom is 0.143 e. The molecule has 56 heavy (non-hydrogen) atoms. The summed E-state index contributed by atoms with van der Waals surface area (Å²) in [5, 5.41) is 9.64. The summed E-state index contributed by atoms with van der Waals surface area (Å²) < 4.78 is 6.72. The molecule has 1 heterocycles. The van der Waals surface area contributed by atoms with Gasteiger partial charge < -0.3 is 9.32 Å². The first-order valence-corrected chi connectivity index (χ1v) is 19.2. The molecule has 2 nitrogen and oxygen atoms in total. The van der Waals surface area contributed by atoms with Crippen LogP contribution in [0.4, 0.5) is 17.1 Å². The van der Waals surface area contributed by atoms with Gasteiger partial charge >= 0.3 is 0 Å². The molecule has 11 aromatic rings. The normalized spacial score (nSPS) is 11.6. The van der Waals surface area contributed by atoms with Gasteiger partial charge in [-0.3, -0.25) is 0 Å². The van der Waals surface area contributed by atoms with Crippen LogP contribution in [-0.4, -0.2) is 0 Å². The Morgan fingerprint density at radius 3 is 1.59 bits per heavy atom. The van der Waals surface area contributed by atoms with E-state index in [-0.39, 0.29) is 0 Å². The van der Waals surface area contributed by atoms with Gasteiger partial charge in [0.25, 0.3) is 0 Å². The number of anilines is 3. The van der Waals surface area contributed by atoms with E-state index in [1.807, 2.05) is 0 Å². The van der Waals surface area contributed by atoms with Gasteiger partial charge in [-0.25, -0.2) is 0 Å². The Balaban J connectivity index is 1.04. The predicted molar refractivity (Wildman–Crippen MR) is 237 cm³/mol. The van der Waals surface area contributed by atoms with Gasteiger partial charge in [0.15, 0.2) is 0 Å². The van der Waals surface area contributed by atoms with Gasteiger partial charge in [0.2, 0.25) is 0 Å². The molecule has 0 saturated heterocycles. The van der Waals surface area contributed by atoms with Crippen molar-refractivity contribution in [1.29, 1.82) is 0 Å². The van der Waals surface area contributed by atoms with E-state index in [9.17, 15) is 0 Å². The molecule has 0 amide bonds. The molecule has 0 aliphatic heterocycles. The van der Waals surface area contributed by atoms with Gasteiger partial charge in [-0.1, -0.05) is 170 Å². The van der Waals surface area contributed by atoms with Gasteiger partial charge in [-0.2, -0.15) is 0 Å². The summed E-state index contributed by atoms with van der Waals surface area (Å²) in [7, 11) is 0. The fraction of sp³-hybridized carbons (Fsp3) is 0. The van der Waals surface area contributed by atoms with E-state index in [2.05, 4.69) is 217 Å². The highest BCUT2D eigenvalue weighted by Gasteiger charge is 2.19. The Bertz CT molecular complexity index is 3230. The second-order valence-electron chi connectivity index (χ2n) is 14.5. The molecule has 2 heteroatoms. The van der Waals surface area contributed by atoms with Gasteiger partial charge in [0.05, 0.1) is 5.69 Å².